The predicted octanol–water partition coefficient (Wildman–Crippen LogP) is 3.19. The average molecular weight is 236 g/mol. The molecular weight excluding hydrogens is 216 g/mol. The summed E-state index contributed by atoms with van der Waals surface area (Å²) in [5, 5.41) is 0. The number of para-hydroxylation sites is 1. The minimum atomic E-state index is -0.444. The van der Waals surface area contributed by atoms with E-state index in [1.165, 1.54) is 0 Å². The van der Waals surface area contributed by atoms with Gasteiger partial charge in [0, 0.05) is 6.61 Å². The highest BCUT2D eigenvalue weighted by Gasteiger charge is 2.20. The van der Waals surface area contributed by atoms with Gasteiger partial charge in [0.15, 0.2) is 6.10 Å². The Hall–Kier alpha value is -1.35. The molecule has 0 spiro atoms. The van der Waals surface area contributed by atoms with E-state index in [1.54, 1.807) is 12.1 Å². The summed E-state index contributed by atoms with van der Waals surface area (Å²) in [4.78, 5) is 11.9. The van der Waals surface area contributed by atoms with Gasteiger partial charge in [0.2, 0.25) is 0 Å². The maximum atomic E-state index is 11.9. The molecule has 0 amide bonds. The molecule has 0 radical (unpaired) electrons. The number of hydrogen-bond acceptors (Lipinski definition) is 3. The molecule has 0 saturated heterocycles. The number of esters is 1. The van der Waals surface area contributed by atoms with Gasteiger partial charge in [0.1, 0.15) is 5.75 Å². The standard InChI is InChI=1S/C14H20O3/c1-3-5-11-13(16-4-2)14(15)17-12-9-7-6-8-10-12/h6-10,13H,3-5,11H2,1-2H3. The van der Waals surface area contributed by atoms with Crippen LogP contribution in [0.25, 0.3) is 0 Å². The van der Waals surface area contributed by atoms with Crippen molar-refractivity contribution in [3.8, 4) is 5.75 Å². The van der Waals surface area contributed by atoms with Crippen LogP contribution in [0.3, 0.4) is 0 Å². The Labute approximate surface area is 103 Å². The predicted molar refractivity (Wildman–Crippen MR) is 67.0 cm³/mol. The molecule has 0 saturated carbocycles. The molecule has 0 bridgehead atoms. The van der Waals surface area contributed by atoms with Crippen molar-refractivity contribution >= 4 is 5.97 Å². The summed E-state index contributed by atoms with van der Waals surface area (Å²) in [6, 6.07) is 9.09. The van der Waals surface area contributed by atoms with Gasteiger partial charge in [-0.1, -0.05) is 38.0 Å². The lowest BCUT2D eigenvalue weighted by Gasteiger charge is -2.15. The van der Waals surface area contributed by atoms with Gasteiger partial charge in [-0.3, -0.25) is 0 Å². The second-order valence-corrected chi connectivity index (χ2v) is 3.82. The van der Waals surface area contributed by atoms with Crippen molar-refractivity contribution in [1.82, 2.24) is 0 Å². The molecular formula is C14H20O3. The minimum Gasteiger partial charge on any atom is -0.425 e. The van der Waals surface area contributed by atoms with Crippen LogP contribution in [-0.2, 0) is 9.53 Å². The lowest BCUT2D eigenvalue weighted by molar-refractivity contribution is -0.147. The molecule has 1 unspecified atom stereocenters. The van der Waals surface area contributed by atoms with Crippen molar-refractivity contribution in [3.63, 3.8) is 0 Å². The molecule has 3 nitrogen and oxygen atoms in total. The van der Waals surface area contributed by atoms with Crippen LogP contribution in [0.5, 0.6) is 5.75 Å². The number of carbonyl (C=O) groups is 1. The van der Waals surface area contributed by atoms with Gasteiger partial charge in [-0.2, -0.15) is 0 Å². The van der Waals surface area contributed by atoms with Crippen LogP contribution in [0.2, 0.25) is 0 Å². The largest absolute Gasteiger partial charge is 0.425 e. The van der Waals surface area contributed by atoms with E-state index < -0.39 is 6.10 Å². The fraction of sp³-hybridized carbons (Fsp3) is 0.500. The van der Waals surface area contributed by atoms with Crippen molar-refractivity contribution < 1.29 is 14.3 Å². The normalized spacial score (nSPS) is 12.1. The fourth-order valence-corrected chi connectivity index (χ4v) is 1.53. The van der Waals surface area contributed by atoms with Gasteiger partial charge in [-0.25, -0.2) is 4.79 Å². The molecule has 17 heavy (non-hydrogen) atoms. The van der Waals surface area contributed by atoms with Crippen LogP contribution in [0.4, 0.5) is 0 Å². The average Bonchev–Trinajstić information content (AvgIpc) is 2.35. The Morgan fingerprint density at radius 2 is 1.94 bits per heavy atom. The maximum Gasteiger partial charge on any atom is 0.340 e. The van der Waals surface area contributed by atoms with Gasteiger partial charge >= 0.3 is 5.97 Å². The van der Waals surface area contributed by atoms with E-state index in [-0.39, 0.29) is 5.97 Å². The molecule has 1 rings (SSSR count). The van der Waals surface area contributed by atoms with Crippen molar-refractivity contribution in [1.29, 1.82) is 0 Å². The number of carbonyl (C=O) groups excluding carboxylic acids is 1. The molecule has 94 valence electrons. The monoisotopic (exact) mass is 236 g/mol. The molecule has 0 aliphatic rings. The molecule has 0 heterocycles. The summed E-state index contributed by atoms with van der Waals surface area (Å²) < 4.78 is 10.7. The fourth-order valence-electron chi connectivity index (χ4n) is 1.53. The molecule has 0 aliphatic heterocycles. The number of benzene rings is 1. The minimum absolute atomic E-state index is 0.300. The zero-order chi connectivity index (χ0) is 12.5. The molecule has 0 fully saturated rings. The number of hydrogen-bond donors (Lipinski definition) is 0. The molecule has 1 aromatic rings. The van der Waals surface area contributed by atoms with E-state index in [0.29, 0.717) is 12.4 Å². The van der Waals surface area contributed by atoms with Crippen molar-refractivity contribution in [2.24, 2.45) is 0 Å². The molecule has 0 aromatic heterocycles. The number of unbranched alkanes of at least 4 members (excludes halogenated alkanes) is 1. The Kier molecular flexibility index (Phi) is 6.33. The first-order chi connectivity index (χ1) is 8.27. The van der Waals surface area contributed by atoms with Crippen LogP contribution in [0.15, 0.2) is 30.3 Å². The van der Waals surface area contributed by atoms with E-state index in [0.717, 1.165) is 19.3 Å². The zero-order valence-electron chi connectivity index (χ0n) is 10.5. The maximum absolute atomic E-state index is 11.9. The van der Waals surface area contributed by atoms with Gasteiger partial charge in [-0.05, 0) is 25.5 Å². The van der Waals surface area contributed by atoms with Crippen LogP contribution in [0.1, 0.15) is 33.1 Å². The second-order valence-electron chi connectivity index (χ2n) is 3.82. The van der Waals surface area contributed by atoms with Crippen LogP contribution >= 0.6 is 0 Å². The molecule has 1 aromatic carbocycles. The van der Waals surface area contributed by atoms with E-state index >= 15 is 0 Å². The third-order valence-electron chi connectivity index (χ3n) is 2.41. The third kappa shape index (κ3) is 5.00. The summed E-state index contributed by atoms with van der Waals surface area (Å²) >= 11 is 0. The van der Waals surface area contributed by atoms with Crippen molar-refractivity contribution in [2.75, 3.05) is 6.61 Å². The number of rotatable bonds is 7. The Bertz CT molecular complexity index is 321. The van der Waals surface area contributed by atoms with E-state index in [4.69, 9.17) is 9.47 Å². The van der Waals surface area contributed by atoms with E-state index in [2.05, 4.69) is 6.92 Å². The summed E-state index contributed by atoms with van der Waals surface area (Å²) in [7, 11) is 0. The third-order valence-corrected chi connectivity index (χ3v) is 2.41. The van der Waals surface area contributed by atoms with Crippen LogP contribution in [-0.4, -0.2) is 18.7 Å². The summed E-state index contributed by atoms with van der Waals surface area (Å²) in [6.07, 6.45) is 2.28. The van der Waals surface area contributed by atoms with Gasteiger partial charge < -0.3 is 9.47 Å². The first-order valence-electron chi connectivity index (χ1n) is 6.16. The zero-order valence-corrected chi connectivity index (χ0v) is 10.5. The smallest absolute Gasteiger partial charge is 0.340 e. The summed E-state index contributed by atoms with van der Waals surface area (Å²) in [5.74, 6) is 0.269. The lowest BCUT2D eigenvalue weighted by atomic mass is 10.1. The van der Waals surface area contributed by atoms with E-state index in [9.17, 15) is 4.79 Å². The highest BCUT2D eigenvalue weighted by Crippen LogP contribution is 2.13. The topological polar surface area (TPSA) is 35.5 Å². The van der Waals surface area contributed by atoms with Gasteiger partial charge in [0.05, 0.1) is 0 Å². The van der Waals surface area contributed by atoms with Gasteiger partial charge in [0.25, 0.3) is 0 Å². The molecule has 0 aliphatic carbocycles. The Morgan fingerprint density at radius 3 is 2.53 bits per heavy atom. The lowest BCUT2D eigenvalue weighted by Crippen LogP contribution is -2.28. The first-order valence-corrected chi connectivity index (χ1v) is 6.16. The van der Waals surface area contributed by atoms with Crippen molar-refractivity contribution in [2.45, 2.75) is 39.2 Å². The SMILES string of the molecule is CCCCC(OCC)C(=O)Oc1ccccc1. The van der Waals surface area contributed by atoms with Crippen LogP contribution in [0, 0.1) is 0 Å². The second kappa shape index (κ2) is 7.85. The highest BCUT2D eigenvalue weighted by atomic mass is 16.6. The highest BCUT2D eigenvalue weighted by molar-refractivity contribution is 5.77. The molecule has 1 atom stereocenters. The van der Waals surface area contributed by atoms with Crippen molar-refractivity contribution in [3.05, 3.63) is 30.3 Å². The quantitative estimate of drug-likeness (QED) is 0.538. The summed E-state index contributed by atoms with van der Waals surface area (Å²) in [5.41, 5.74) is 0. The molecule has 3 heteroatoms. The van der Waals surface area contributed by atoms with E-state index in [1.807, 2.05) is 25.1 Å². The molecule has 0 N–H and O–H groups in total. The number of ether oxygens (including phenoxy) is 2. The van der Waals surface area contributed by atoms with Crippen LogP contribution < -0.4 is 4.74 Å². The Balaban J connectivity index is 2.52. The summed E-state index contributed by atoms with van der Waals surface area (Å²) in [6.45, 7) is 4.50. The van der Waals surface area contributed by atoms with Gasteiger partial charge in [-0.15, -0.1) is 0 Å². The first kappa shape index (κ1) is 13.7. The Morgan fingerprint density at radius 1 is 1.24 bits per heavy atom.